The summed E-state index contributed by atoms with van der Waals surface area (Å²) in [5.74, 6) is -5.55. The van der Waals surface area contributed by atoms with Crippen molar-refractivity contribution in [2.24, 2.45) is 17.8 Å². The van der Waals surface area contributed by atoms with Gasteiger partial charge in [0.2, 0.25) is 29.5 Å². The maximum absolute atomic E-state index is 13.2. The highest BCUT2D eigenvalue weighted by molar-refractivity contribution is 5.89. The van der Waals surface area contributed by atoms with Gasteiger partial charge in [-0.3, -0.25) is 52.7 Å². The number of unbranched alkanes of at least 4 members (excludes halogenated alkanes) is 2. The van der Waals surface area contributed by atoms with Gasteiger partial charge in [0, 0.05) is 96.2 Å². The Morgan fingerprint density at radius 2 is 0.775 bits per heavy atom. The Morgan fingerprint density at radius 3 is 1.24 bits per heavy atom. The molecule has 0 saturated carbocycles. The third-order valence-corrected chi connectivity index (χ3v) is 16.9. The SMILES string of the molecule is CC(=O)[C@H](CCCCNC(=O)COCCOCCNC(=O)COCCOCCCC(=O)CC[C@H](CC(=O)Cc1ccc(Oc2ccc(F)cc2)cc1)C(=O)O)CC(=O)[C@@H](C)CCCCNC(=O)COCCOCCCC(=O)COCCOCCNC(=O)CC[C@H](NC(=O)Cc1ccc(Oc2ccc(F)cc2)cc1)C(=O)O. The number of ether oxygens (including phenoxy) is 10. The lowest BCUT2D eigenvalue weighted by molar-refractivity contribution is -0.144. The van der Waals surface area contributed by atoms with Crippen LogP contribution in [0.2, 0.25) is 0 Å². The van der Waals surface area contributed by atoms with Gasteiger partial charge < -0.3 is 84.2 Å². The number of halogens is 2. The molecule has 0 saturated heterocycles. The zero-order valence-corrected chi connectivity index (χ0v) is 63.5. The van der Waals surface area contributed by atoms with Crippen molar-refractivity contribution in [1.29, 1.82) is 0 Å². The van der Waals surface area contributed by atoms with Gasteiger partial charge in [0.05, 0.1) is 78.4 Å². The number of benzene rings is 4. The number of hydrogen-bond donors (Lipinski definition) is 7. The largest absolute Gasteiger partial charge is 0.481 e. The summed E-state index contributed by atoms with van der Waals surface area (Å²) in [5.41, 5.74) is 1.27. The summed E-state index contributed by atoms with van der Waals surface area (Å²) in [4.78, 5) is 148. The van der Waals surface area contributed by atoms with Crippen molar-refractivity contribution in [2.75, 3.05) is 132 Å². The van der Waals surface area contributed by atoms with Crippen molar-refractivity contribution >= 4 is 70.4 Å². The molecule has 612 valence electrons. The Kier molecular flexibility index (Phi) is 48.9. The fraction of sp³-hybridized carbons (Fsp3) is 0.550. The minimum absolute atomic E-state index is 0.00168. The highest BCUT2D eigenvalue weighted by Crippen LogP contribution is 2.25. The van der Waals surface area contributed by atoms with Crippen LogP contribution >= 0.6 is 0 Å². The van der Waals surface area contributed by atoms with Gasteiger partial charge in [-0.1, -0.05) is 44.0 Å². The average Bonchev–Trinajstić information content (AvgIpc) is 1.04. The molecule has 29 nitrogen and oxygen atoms in total. The van der Waals surface area contributed by atoms with Crippen LogP contribution in [-0.2, 0) is 108 Å². The van der Waals surface area contributed by atoms with Crippen molar-refractivity contribution < 1.29 is 124 Å². The molecule has 7 N–H and O–H groups in total. The monoisotopic (exact) mass is 1560 g/mol. The van der Waals surface area contributed by atoms with Crippen LogP contribution in [0.5, 0.6) is 23.0 Å². The maximum Gasteiger partial charge on any atom is 0.326 e. The molecule has 4 aromatic carbocycles. The topological polar surface area (TPSA) is 398 Å². The summed E-state index contributed by atoms with van der Waals surface area (Å²) in [6, 6.07) is 23.0. The fourth-order valence-electron chi connectivity index (χ4n) is 10.7. The molecule has 111 heavy (non-hydrogen) atoms. The molecule has 4 aromatic rings. The van der Waals surface area contributed by atoms with Crippen LogP contribution in [0, 0.1) is 29.4 Å². The molecule has 0 heterocycles. The molecule has 0 bridgehead atoms. The van der Waals surface area contributed by atoms with Gasteiger partial charge in [-0.25, -0.2) is 13.6 Å². The van der Waals surface area contributed by atoms with Crippen molar-refractivity contribution in [3.8, 4) is 23.0 Å². The predicted octanol–water partition coefficient (Wildman–Crippen LogP) is 7.56. The number of aliphatic carboxylic acids is 2. The molecule has 0 unspecified atom stereocenters. The van der Waals surface area contributed by atoms with Gasteiger partial charge in [0.25, 0.3) is 0 Å². The van der Waals surface area contributed by atoms with Crippen LogP contribution in [-0.4, -0.2) is 219 Å². The quantitative estimate of drug-likeness (QED) is 0.0210. The van der Waals surface area contributed by atoms with E-state index in [1.54, 1.807) is 48.5 Å². The highest BCUT2D eigenvalue weighted by Gasteiger charge is 2.25. The van der Waals surface area contributed by atoms with Crippen LogP contribution in [0.1, 0.15) is 128 Å². The summed E-state index contributed by atoms with van der Waals surface area (Å²) in [7, 11) is 0. The van der Waals surface area contributed by atoms with Gasteiger partial charge in [0.15, 0.2) is 5.78 Å². The number of carbonyl (C=O) groups excluding carboxylic acids is 10. The first-order valence-electron chi connectivity index (χ1n) is 37.6. The maximum atomic E-state index is 13.2. The number of carbonyl (C=O) groups is 12. The number of rotatable bonds is 67. The Hall–Kier alpha value is -9.34. The molecule has 0 radical (unpaired) electrons. The molecule has 31 heteroatoms. The lowest BCUT2D eigenvalue weighted by Crippen LogP contribution is -2.42. The Bertz CT molecular complexity index is 3440. The van der Waals surface area contributed by atoms with Gasteiger partial charge in [0.1, 0.15) is 90.2 Å². The van der Waals surface area contributed by atoms with E-state index in [0.29, 0.717) is 105 Å². The van der Waals surface area contributed by atoms with Crippen LogP contribution in [0.3, 0.4) is 0 Å². The molecular formula is C80H109F2N5O24. The van der Waals surface area contributed by atoms with Crippen molar-refractivity contribution in [3.63, 3.8) is 0 Å². The highest BCUT2D eigenvalue weighted by atomic mass is 19.1. The van der Waals surface area contributed by atoms with Crippen LogP contribution in [0.15, 0.2) is 97.1 Å². The molecule has 0 aromatic heterocycles. The second kappa shape index (κ2) is 57.7. The van der Waals surface area contributed by atoms with E-state index in [9.17, 15) is 76.5 Å². The van der Waals surface area contributed by atoms with E-state index in [1.165, 1.54) is 55.5 Å². The first kappa shape index (κ1) is 94.0. The Labute approximate surface area is 646 Å². The summed E-state index contributed by atoms with van der Waals surface area (Å²) in [5, 5.41) is 32.6. The standard InChI is InChI=1S/C80H109F2N5O24/c1-57(9-3-5-33-83-76(95)54-107-46-42-103-38-8-12-66(90)53-106-45-43-104-39-35-85-74(93)32-31-72(80(100)101)87-75(94)50-60-15-25-69(26-16-60)111-71-29-20-64(82)21-30-71)73(92)52-61(58(2)88)10-4-6-34-84-77(96)55-109-48-44-105-40-36-86-78(97)56-108-47-41-102-37-7-11-65(89)22-17-62(79(98)99)51-67(91)49-59-13-23-68(24-14-59)110-70-27-18-63(81)19-28-70/h13-16,18-21,23-30,57,61-62,72H,3-12,17,22,31-56H2,1-2H3,(H,83,95)(H,84,96)(H,85,93)(H,86,97)(H,87,94)(H,98,99)(H,100,101)/t57-,61+,62+,72-/m0/s1. The Morgan fingerprint density at radius 1 is 0.360 bits per heavy atom. The molecular weight excluding hydrogens is 1450 g/mol. The third-order valence-electron chi connectivity index (χ3n) is 16.9. The number of Topliss-reactive ketones (excluding diaryl/α,β-unsaturated/α-hetero) is 5. The van der Waals surface area contributed by atoms with E-state index >= 15 is 0 Å². The first-order chi connectivity index (χ1) is 53.5. The number of amides is 5. The van der Waals surface area contributed by atoms with E-state index in [4.69, 9.17) is 47.4 Å². The lowest BCUT2D eigenvalue weighted by atomic mass is 9.87. The van der Waals surface area contributed by atoms with E-state index in [2.05, 4.69) is 26.6 Å². The third kappa shape index (κ3) is 46.8. The number of ketones is 5. The normalized spacial score (nSPS) is 12.2. The molecule has 0 aliphatic carbocycles. The summed E-state index contributed by atoms with van der Waals surface area (Å²) in [6.07, 6.45) is 4.61. The zero-order chi connectivity index (χ0) is 80.6. The minimum atomic E-state index is -1.28. The van der Waals surface area contributed by atoms with Crippen LogP contribution in [0.25, 0.3) is 0 Å². The molecule has 4 rings (SSSR count). The average molecular weight is 1560 g/mol. The van der Waals surface area contributed by atoms with E-state index < -0.39 is 47.4 Å². The van der Waals surface area contributed by atoms with Crippen LogP contribution in [0.4, 0.5) is 8.78 Å². The number of nitrogens with one attached hydrogen (secondary N) is 5. The van der Waals surface area contributed by atoms with Gasteiger partial charge in [-0.2, -0.15) is 0 Å². The van der Waals surface area contributed by atoms with Gasteiger partial charge in [-0.05, 0) is 142 Å². The molecule has 4 atom stereocenters. The zero-order valence-electron chi connectivity index (χ0n) is 63.5. The smallest absolute Gasteiger partial charge is 0.326 e. The summed E-state index contributed by atoms with van der Waals surface area (Å²) < 4.78 is 81.0. The molecule has 0 aliphatic rings. The second-order valence-electron chi connectivity index (χ2n) is 26.3. The van der Waals surface area contributed by atoms with Crippen molar-refractivity contribution in [1.82, 2.24) is 26.6 Å². The van der Waals surface area contributed by atoms with Crippen molar-refractivity contribution in [3.05, 3.63) is 120 Å². The molecule has 0 spiro atoms. The number of hydrogen-bond acceptors (Lipinski definition) is 22. The number of carboxylic acids is 2. The molecule has 5 amide bonds. The molecule has 0 fully saturated rings. The van der Waals surface area contributed by atoms with E-state index in [0.717, 1.165) is 0 Å². The predicted molar refractivity (Wildman–Crippen MR) is 400 cm³/mol. The molecule has 0 aliphatic heterocycles. The van der Waals surface area contributed by atoms with E-state index in [-0.39, 0.29) is 235 Å². The second-order valence-corrected chi connectivity index (χ2v) is 26.3. The number of carboxylic acid groups (broad SMARTS) is 2. The van der Waals surface area contributed by atoms with E-state index in [1.807, 2.05) is 6.92 Å². The van der Waals surface area contributed by atoms with Crippen LogP contribution < -0.4 is 36.1 Å². The first-order valence-corrected chi connectivity index (χ1v) is 37.6. The lowest BCUT2D eigenvalue weighted by Gasteiger charge is -2.16. The Balaban J connectivity index is 0.849. The van der Waals surface area contributed by atoms with Gasteiger partial charge in [-0.15, -0.1) is 0 Å². The van der Waals surface area contributed by atoms with Crippen molar-refractivity contribution in [2.45, 2.75) is 135 Å². The summed E-state index contributed by atoms with van der Waals surface area (Å²) in [6.45, 7) is 6.17. The summed E-state index contributed by atoms with van der Waals surface area (Å²) >= 11 is 0. The fourth-order valence-corrected chi connectivity index (χ4v) is 10.7. The van der Waals surface area contributed by atoms with Gasteiger partial charge >= 0.3 is 11.9 Å². The minimum Gasteiger partial charge on any atom is -0.481 e.